The summed E-state index contributed by atoms with van der Waals surface area (Å²) in [6, 6.07) is 5.36. The minimum Gasteiger partial charge on any atom is -0.330 e. The number of hydrazine groups is 1. The Labute approximate surface area is 109 Å². The molecule has 0 aromatic heterocycles. The van der Waals surface area contributed by atoms with E-state index in [0.29, 0.717) is 20.8 Å². The van der Waals surface area contributed by atoms with Crippen LogP contribution in [0.3, 0.4) is 0 Å². The highest BCUT2D eigenvalue weighted by Gasteiger charge is 2.11. The van der Waals surface area contributed by atoms with E-state index in [0.717, 1.165) is 6.54 Å². The zero-order valence-electron chi connectivity index (χ0n) is 8.21. The summed E-state index contributed by atoms with van der Waals surface area (Å²) >= 11 is 17.1. The van der Waals surface area contributed by atoms with Gasteiger partial charge >= 0.3 is 0 Å². The van der Waals surface area contributed by atoms with Crippen LogP contribution in [0.25, 0.3) is 0 Å². The lowest BCUT2D eigenvalue weighted by molar-refractivity contribution is 0.468. The van der Waals surface area contributed by atoms with Gasteiger partial charge in [-0.3, -0.25) is 5.01 Å². The molecular formula is C10H9Cl2N3S. The molecule has 1 aromatic carbocycles. The van der Waals surface area contributed by atoms with Crippen molar-refractivity contribution >= 4 is 46.2 Å². The van der Waals surface area contributed by atoms with Crippen molar-refractivity contribution < 1.29 is 0 Å². The Morgan fingerprint density at radius 2 is 2.25 bits per heavy atom. The minimum atomic E-state index is 0.467. The van der Waals surface area contributed by atoms with Crippen LogP contribution in [0.5, 0.6) is 0 Å². The van der Waals surface area contributed by atoms with Crippen molar-refractivity contribution in [2.75, 3.05) is 11.9 Å². The van der Waals surface area contributed by atoms with Crippen LogP contribution in [0.15, 0.2) is 30.5 Å². The summed E-state index contributed by atoms with van der Waals surface area (Å²) in [5.41, 5.74) is 3.75. The SMILES string of the molecule is S=C(Nc1cccc(Cl)c1Cl)N1C=CCN1. The Morgan fingerprint density at radius 1 is 1.44 bits per heavy atom. The summed E-state index contributed by atoms with van der Waals surface area (Å²) in [4.78, 5) is 0. The van der Waals surface area contributed by atoms with Crippen molar-refractivity contribution in [2.24, 2.45) is 0 Å². The Kier molecular flexibility index (Phi) is 3.66. The van der Waals surface area contributed by atoms with Crippen LogP contribution < -0.4 is 10.7 Å². The van der Waals surface area contributed by atoms with Gasteiger partial charge in [0, 0.05) is 12.7 Å². The van der Waals surface area contributed by atoms with Gasteiger partial charge in [-0.25, -0.2) is 5.43 Å². The second kappa shape index (κ2) is 5.01. The normalized spacial score (nSPS) is 14.2. The molecule has 1 aromatic rings. The molecule has 0 fully saturated rings. The third kappa shape index (κ3) is 2.47. The second-order valence-electron chi connectivity index (χ2n) is 3.15. The largest absolute Gasteiger partial charge is 0.330 e. The molecule has 16 heavy (non-hydrogen) atoms. The van der Waals surface area contributed by atoms with Crippen molar-refractivity contribution in [3.05, 3.63) is 40.5 Å². The highest BCUT2D eigenvalue weighted by molar-refractivity contribution is 7.80. The van der Waals surface area contributed by atoms with Crippen LogP contribution in [-0.4, -0.2) is 16.7 Å². The molecule has 84 valence electrons. The van der Waals surface area contributed by atoms with E-state index in [2.05, 4.69) is 10.7 Å². The first-order valence-electron chi connectivity index (χ1n) is 4.63. The maximum atomic E-state index is 6.03. The summed E-state index contributed by atoms with van der Waals surface area (Å²) in [6.07, 6.45) is 3.82. The number of benzene rings is 1. The molecule has 0 bridgehead atoms. The molecule has 6 heteroatoms. The van der Waals surface area contributed by atoms with Gasteiger partial charge in [0.2, 0.25) is 0 Å². The van der Waals surface area contributed by atoms with Crippen LogP contribution >= 0.6 is 35.4 Å². The maximum Gasteiger partial charge on any atom is 0.192 e. The smallest absolute Gasteiger partial charge is 0.192 e. The van der Waals surface area contributed by atoms with Gasteiger partial charge < -0.3 is 5.32 Å². The molecule has 0 unspecified atom stereocenters. The van der Waals surface area contributed by atoms with Gasteiger partial charge in [0.15, 0.2) is 5.11 Å². The quantitative estimate of drug-likeness (QED) is 0.770. The van der Waals surface area contributed by atoms with Gasteiger partial charge in [-0.1, -0.05) is 35.3 Å². The van der Waals surface area contributed by atoms with E-state index in [1.165, 1.54) is 0 Å². The zero-order valence-corrected chi connectivity index (χ0v) is 10.5. The first-order chi connectivity index (χ1) is 7.68. The molecule has 1 aliphatic rings. The van der Waals surface area contributed by atoms with Crippen LogP contribution in [-0.2, 0) is 0 Å². The van der Waals surface area contributed by atoms with Gasteiger partial charge in [0.05, 0.1) is 15.7 Å². The molecule has 0 saturated carbocycles. The van der Waals surface area contributed by atoms with Crippen molar-refractivity contribution in [3.8, 4) is 0 Å². The third-order valence-electron chi connectivity index (χ3n) is 2.05. The summed E-state index contributed by atoms with van der Waals surface area (Å²) in [5.74, 6) is 0. The van der Waals surface area contributed by atoms with Gasteiger partial charge in [0.25, 0.3) is 0 Å². The number of hydrogen-bond acceptors (Lipinski definition) is 2. The number of thiocarbonyl (C=S) groups is 1. The molecular weight excluding hydrogens is 265 g/mol. The third-order valence-corrected chi connectivity index (χ3v) is 3.16. The standard InChI is InChI=1S/C10H9Cl2N3S/c11-7-3-1-4-8(9(7)12)14-10(16)15-6-2-5-13-15/h1-4,6,13H,5H2,(H,14,16). The fourth-order valence-electron chi connectivity index (χ4n) is 1.28. The topological polar surface area (TPSA) is 27.3 Å². The summed E-state index contributed by atoms with van der Waals surface area (Å²) in [6.45, 7) is 0.769. The number of nitrogens with one attached hydrogen (secondary N) is 2. The molecule has 0 radical (unpaired) electrons. The molecule has 0 amide bonds. The fraction of sp³-hybridized carbons (Fsp3) is 0.100. The molecule has 1 heterocycles. The Bertz CT molecular complexity index is 448. The predicted octanol–water partition coefficient (Wildman–Crippen LogP) is 3.02. The monoisotopic (exact) mass is 273 g/mol. The van der Waals surface area contributed by atoms with E-state index in [-0.39, 0.29) is 0 Å². The Hall–Kier alpha value is -0.810. The van der Waals surface area contributed by atoms with Crippen molar-refractivity contribution in [1.29, 1.82) is 0 Å². The van der Waals surface area contributed by atoms with Gasteiger partial charge in [-0.2, -0.15) is 0 Å². The molecule has 0 saturated heterocycles. The van der Waals surface area contributed by atoms with E-state index in [4.69, 9.17) is 35.4 Å². The number of rotatable bonds is 1. The molecule has 1 aliphatic heterocycles. The molecule has 2 rings (SSSR count). The van der Waals surface area contributed by atoms with E-state index >= 15 is 0 Å². The van der Waals surface area contributed by atoms with Crippen molar-refractivity contribution in [2.45, 2.75) is 0 Å². The zero-order chi connectivity index (χ0) is 11.5. The maximum absolute atomic E-state index is 6.03. The number of anilines is 1. The number of halogens is 2. The Morgan fingerprint density at radius 3 is 2.94 bits per heavy atom. The van der Waals surface area contributed by atoms with Crippen LogP contribution in [0, 0.1) is 0 Å². The number of hydrogen-bond donors (Lipinski definition) is 2. The van der Waals surface area contributed by atoms with Gasteiger partial charge in [-0.05, 0) is 24.4 Å². The van der Waals surface area contributed by atoms with E-state index in [1.807, 2.05) is 24.4 Å². The highest BCUT2D eigenvalue weighted by atomic mass is 35.5. The average Bonchev–Trinajstić information content (AvgIpc) is 2.78. The van der Waals surface area contributed by atoms with E-state index in [9.17, 15) is 0 Å². The highest BCUT2D eigenvalue weighted by Crippen LogP contribution is 2.29. The van der Waals surface area contributed by atoms with Gasteiger partial charge in [0.1, 0.15) is 0 Å². The lowest BCUT2D eigenvalue weighted by Crippen LogP contribution is -2.37. The average molecular weight is 274 g/mol. The van der Waals surface area contributed by atoms with Crippen molar-refractivity contribution in [1.82, 2.24) is 10.4 Å². The first-order valence-corrected chi connectivity index (χ1v) is 5.79. The van der Waals surface area contributed by atoms with E-state index < -0.39 is 0 Å². The summed E-state index contributed by atoms with van der Waals surface area (Å²) < 4.78 is 0. The first kappa shape index (κ1) is 11.7. The molecule has 0 spiro atoms. The van der Waals surface area contributed by atoms with Crippen LogP contribution in [0.2, 0.25) is 10.0 Å². The summed E-state index contributed by atoms with van der Waals surface area (Å²) in [7, 11) is 0. The predicted molar refractivity (Wildman–Crippen MR) is 71.7 cm³/mol. The molecule has 2 N–H and O–H groups in total. The second-order valence-corrected chi connectivity index (χ2v) is 4.32. The molecule has 0 atom stereocenters. The summed E-state index contributed by atoms with van der Waals surface area (Å²) in [5, 5.41) is 6.23. The molecule has 3 nitrogen and oxygen atoms in total. The number of nitrogens with zero attached hydrogens (tertiary/aromatic N) is 1. The van der Waals surface area contributed by atoms with Crippen molar-refractivity contribution in [3.63, 3.8) is 0 Å². The fourth-order valence-corrected chi connectivity index (χ4v) is 1.86. The lowest BCUT2D eigenvalue weighted by Gasteiger charge is -2.18. The minimum absolute atomic E-state index is 0.467. The Balaban J connectivity index is 2.11. The van der Waals surface area contributed by atoms with Crippen LogP contribution in [0.1, 0.15) is 0 Å². The van der Waals surface area contributed by atoms with Gasteiger partial charge in [-0.15, -0.1) is 0 Å². The van der Waals surface area contributed by atoms with E-state index in [1.54, 1.807) is 11.1 Å². The van der Waals surface area contributed by atoms with Crippen LogP contribution in [0.4, 0.5) is 5.69 Å². The lowest BCUT2D eigenvalue weighted by atomic mass is 10.3. The molecule has 0 aliphatic carbocycles.